The average Bonchev–Trinajstić information content (AvgIpc) is 3.13. The molecule has 2 aromatic heterocycles. The van der Waals surface area contributed by atoms with Crippen molar-refractivity contribution in [1.82, 2.24) is 20.1 Å². The smallest absolute Gasteiger partial charge is 0.253 e. The Morgan fingerprint density at radius 1 is 1.11 bits per heavy atom. The first kappa shape index (κ1) is 18.3. The van der Waals surface area contributed by atoms with Gasteiger partial charge in [0.2, 0.25) is 0 Å². The molecule has 7 nitrogen and oxygen atoms in total. The number of amides is 1. The van der Waals surface area contributed by atoms with Crippen molar-refractivity contribution < 1.29 is 4.79 Å². The molecule has 0 aliphatic carbocycles. The minimum atomic E-state index is -0.168. The molecule has 0 spiro atoms. The molecule has 0 saturated heterocycles. The molecule has 0 saturated carbocycles. The Bertz CT molecular complexity index is 1020. The zero-order valence-electron chi connectivity index (χ0n) is 15.5. The predicted octanol–water partition coefficient (Wildman–Crippen LogP) is 4.11. The summed E-state index contributed by atoms with van der Waals surface area (Å²) in [5, 5.41) is 14.1. The van der Waals surface area contributed by atoms with Gasteiger partial charge in [0, 0.05) is 19.7 Å². The van der Waals surface area contributed by atoms with Crippen LogP contribution in [0.5, 0.6) is 0 Å². The van der Waals surface area contributed by atoms with Gasteiger partial charge in [0.05, 0.1) is 45.7 Å². The molecule has 0 radical (unpaired) electrons. The topological polar surface area (TPSA) is 83.9 Å². The van der Waals surface area contributed by atoms with E-state index in [1.807, 2.05) is 35.1 Å². The SMILES string of the molecule is CNC(=O)c1ccccc1Nc1cc(Nc2cnn3c2CCCC3)ncc1Cl. The van der Waals surface area contributed by atoms with Crippen molar-refractivity contribution in [2.45, 2.75) is 25.8 Å². The van der Waals surface area contributed by atoms with Crippen LogP contribution in [-0.4, -0.2) is 27.7 Å². The highest BCUT2D eigenvalue weighted by molar-refractivity contribution is 6.33. The number of halogens is 1. The lowest BCUT2D eigenvalue weighted by Crippen LogP contribution is -2.19. The zero-order chi connectivity index (χ0) is 19.5. The second kappa shape index (κ2) is 7.90. The van der Waals surface area contributed by atoms with Crippen molar-refractivity contribution in [1.29, 1.82) is 0 Å². The number of carbonyl (C=O) groups is 1. The second-order valence-electron chi connectivity index (χ2n) is 6.61. The van der Waals surface area contributed by atoms with Gasteiger partial charge in [-0.15, -0.1) is 0 Å². The van der Waals surface area contributed by atoms with Gasteiger partial charge >= 0.3 is 0 Å². The first-order valence-electron chi connectivity index (χ1n) is 9.21. The quantitative estimate of drug-likeness (QED) is 0.604. The van der Waals surface area contributed by atoms with E-state index in [-0.39, 0.29) is 5.91 Å². The number of carbonyl (C=O) groups excluding carboxylic acids is 1. The Balaban J connectivity index is 1.60. The van der Waals surface area contributed by atoms with Crippen LogP contribution in [0.15, 0.2) is 42.7 Å². The number of fused-ring (bicyclic) bond motifs is 1. The Morgan fingerprint density at radius 2 is 1.96 bits per heavy atom. The summed E-state index contributed by atoms with van der Waals surface area (Å²) in [7, 11) is 1.60. The standard InChI is InChI=1S/C20H21ClN6O/c1-22-20(28)13-6-2-3-7-15(13)25-16-10-19(23-11-14(16)21)26-17-12-24-27-9-5-4-8-18(17)27/h2-3,6-7,10-12H,4-5,8-9H2,1H3,(H,22,28)(H2,23,25,26). The maximum Gasteiger partial charge on any atom is 0.253 e. The predicted molar refractivity (Wildman–Crippen MR) is 111 cm³/mol. The van der Waals surface area contributed by atoms with E-state index >= 15 is 0 Å². The summed E-state index contributed by atoms with van der Waals surface area (Å²) in [4.78, 5) is 16.5. The highest BCUT2D eigenvalue weighted by Crippen LogP contribution is 2.31. The van der Waals surface area contributed by atoms with Gasteiger partial charge in [0.1, 0.15) is 5.82 Å². The van der Waals surface area contributed by atoms with E-state index in [4.69, 9.17) is 11.6 Å². The number of aromatic nitrogens is 3. The van der Waals surface area contributed by atoms with Crippen LogP contribution in [0.1, 0.15) is 28.9 Å². The molecule has 0 bridgehead atoms. The lowest BCUT2D eigenvalue weighted by atomic mass is 10.1. The van der Waals surface area contributed by atoms with E-state index in [9.17, 15) is 4.79 Å². The van der Waals surface area contributed by atoms with Crippen LogP contribution >= 0.6 is 11.6 Å². The molecule has 4 rings (SSSR count). The van der Waals surface area contributed by atoms with Crippen LogP contribution in [0.4, 0.5) is 22.9 Å². The third-order valence-corrected chi connectivity index (χ3v) is 5.07. The zero-order valence-corrected chi connectivity index (χ0v) is 16.3. The van der Waals surface area contributed by atoms with E-state index in [1.54, 1.807) is 19.3 Å². The molecule has 1 aliphatic heterocycles. The molecule has 3 N–H and O–H groups in total. The molecular weight excluding hydrogens is 376 g/mol. The number of anilines is 4. The van der Waals surface area contributed by atoms with Crippen molar-refractivity contribution in [3.8, 4) is 0 Å². The van der Waals surface area contributed by atoms with Gasteiger partial charge in [0.25, 0.3) is 5.91 Å². The summed E-state index contributed by atoms with van der Waals surface area (Å²) in [6.07, 6.45) is 6.75. The van der Waals surface area contributed by atoms with E-state index in [0.717, 1.165) is 31.5 Å². The van der Waals surface area contributed by atoms with Crippen molar-refractivity contribution in [3.05, 3.63) is 59.0 Å². The minimum absolute atomic E-state index is 0.168. The second-order valence-corrected chi connectivity index (χ2v) is 7.02. The Kier molecular flexibility index (Phi) is 5.16. The largest absolute Gasteiger partial charge is 0.355 e. The summed E-state index contributed by atoms with van der Waals surface area (Å²) in [6.45, 7) is 0.953. The molecule has 1 aliphatic rings. The number of nitrogens with one attached hydrogen (secondary N) is 3. The van der Waals surface area contributed by atoms with Crippen molar-refractivity contribution in [3.63, 3.8) is 0 Å². The molecular formula is C20H21ClN6O. The van der Waals surface area contributed by atoms with Crippen LogP contribution in [0.2, 0.25) is 5.02 Å². The van der Waals surface area contributed by atoms with Crippen molar-refractivity contribution in [2.75, 3.05) is 17.7 Å². The van der Waals surface area contributed by atoms with Gasteiger partial charge in [-0.25, -0.2) is 4.98 Å². The van der Waals surface area contributed by atoms with Gasteiger partial charge in [-0.05, 0) is 31.4 Å². The van der Waals surface area contributed by atoms with Crippen LogP contribution in [0.25, 0.3) is 0 Å². The molecule has 1 aromatic carbocycles. The van der Waals surface area contributed by atoms with E-state index in [0.29, 0.717) is 27.8 Å². The number of rotatable bonds is 5. The van der Waals surface area contributed by atoms with Crippen molar-refractivity contribution >= 4 is 40.4 Å². The van der Waals surface area contributed by atoms with Crippen LogP contribution < -0.4 is 16.0 Å². The number of pyridine rings is 1. The third kappa shape index (κ3) is 3.66. The summed E-state index contributed by atoms with van der Waals surface area (Å²) in [5.41, 5.74) is 4.03. The Labute approximate surface area is 168 Å². The summed E-state index contributed by atoms with van der Waals surface area (Å²) in [5.74, 6) is 0.490. The molecule has 3 aromatic rings. The van der Waals surface area contributed by atoms with Gasteiger partial charge in [-0.3, -0.25) is 9.48 Å². The van der Waals surface area contributed by atoms with Gasteiger partial charge in [-0.2, -0.15) is 5.10 Å². The first-order chi connectivity index (χ1) is 13.7. The van der Waals surface area contributed by atoms with Crippen LogP contribution in [0.3, 0.4) is 0 Å². The monoisotopic (exact) mass is 396 g/mol. The summed E-state index contributed by atoms with van der Waals surface area (Å²) in [6, 6.07) is 9.11. The number of para-hydroxylation sites is 1. The normalized spacial score (nSPS) is 12.9. The number of hydrogen-bond acceptors (Lipinski definition) is 5. The van der Waals surface area contributed by atoms with E-state index in [2.05, 4.69) is 26.0 Å². The van der Waals surface area contributed by atoms with E-state index < -0.39 is 0 Å². The number of aryl methyl sites for hydroxylation is 1. The average molecular weight is 397 g/mol. The Hall–Kier alpha value is -3.06. The lowest BCUT2D eigenvalue weighted by molar-refractivity contribution is 0.0964. The molecule has 8 heteroatoms. The third-order valence-electron chi connectivity index (χ3n) is 4.77. The van der Waals surface area contributed by atoms with Gasteiger partial charge in [-0.1, -0.05) is 23.7 Å². The fourth-order valence-electron chi connectivity index (χ4n) is 3.34. The van der Waals surface area contributed by atoms with Crippen LogP contribution in [-0.2, 0) is 13.0 Å². The maximum absolute atomic E-state index is 12.1. The molecule has 0 fully saturated rings. The minimum Gasteiger partial charge on any atom is -0.355 e. The molecule has 1 amide bonds. The van der Waals surface area contributed by atoms with E-state index in [1.165, 1.54) is 5.69 Å². The van der Waals surface area contributed by atoms with Crippen LogP contribution in [0, 0.1) is 0 Å². The highest BCUT2D eigenvalue weighted by atomic mass is 35.5. The number of hydrogen-bond donors (Lipinski definition) is 3. The van der Waals surface area contributed by atoms with Gasteiger partial charge in [0.15, 0.2) is 0 Å². The summed E-state index contributed by atoms with van der Waals surface area (Å²) >= 11 is 6.34. The molecule has 3 heterocycles. The fourth-order valence-corrected chi connectivity index (χ4v) is 3.49. The van der Waals surface area contributed by atoms with Crippen molar-refractivity contribution in [2.24, 2.45) is 0 Å². The number of nitrogens with zero attached hydrogens (tertiary/aromatic N) is 3. The molecule has 0 atom stereocenters. The van der Waals surface area contributed by atoms with Gasteiger partial charge < -0.3 is 16.0 Å². The highest BCUT2D eigenvalue weighted by Gasteiger charge is 2.16. The lowest BCUT2D eigenvalue weighted by Gasteiger charge is -2.16. The summed E-state index contributed by atoms with van der Waals surface area (Å²) < 4.78 is 2.04. The number of benzene rings is 1. The Morgan fingerprint density at radius 3 is 2.82 bits per heavy atom. The molecule has 144 valence electrons. The molecule has 0 unspecified atom stereocenters. The first-order valence-corrected chi connectivity index (χ1v) is 9.59. The molecule has 28 heavy (non-hydrogen) atoms. The maximum atomic E-state index is 12.1. The fraction of sp³-hybridized carbons (Fsp3) is 0.250.